The highest BCUT2D eigenvalue weighted by Gasteiger charge is 2.23. The summed E-state index contributed by atoms with van der Waals surface area (Å²) in [7, 11) is 0. The van der Waals surface area contributed by atoms with Crippen molar-refractivity contribution in [1.29, 1.82) is 0 Å². The number of rotatable bonds is 40. The topological polar surface area (TPSA) is 89.8 Å². The Morgan fingerprint density at radius 2 is 0.800 bits per heavy atom. The SMILES string of the molecule is CCCCC/C=C\C=C/CCCCCCCCCCCC(O)C(=O)NC(CO)C(O)CCCCCCCCCCCCCCCCCCCC. The molecule has 3 atom stereocenters. The molecule has 0 saturated carbocycles. The van der Waals surface area contributed by atoms with E-state index in [2.05, 4.69) is 43.5 Å². The first-order chi connectivity index (χ1) is 24.6. The lowest BCUT2D eigenvalue weighted by Gasteiger charge is -2.23. The molecule has 0 aliphatic rings. The van der Waals surface area contributed by atoms with Crippen LogP contribution in [0.25, 0.3) is 0 Å². The highest BCUT2D eigenvalue weighted by atomic mass is 16.3. The van der Waals surface area contributed by atoms with Gasteiger partial charge in [0.15, 0.2) is 0 Å². The molecule has 0 aromatic heterocycles. The van der Waals surface area contributed by atoms with E-state index in [9.17, 15) is 20.1 Å². The number of hydrogen-bond acceptors (Lipinski definition) is 4. The third-order valence-electron chi connectivity index (χ3n) is 10.4. The van der Waals surface area contributed by atoms with E-state index in [1.165, 1.54) is 173 Å². The van der Waals surface area contributed by atoms with Gasteiger partial charge in [0.2, 0.25) is 5.91 Å². The largest absolute Gasteiger partial charge is 0.394 e. The molecule has 4 N–H and O–H groups in total. The summed E-state index contributed by atoms with van der Waals surface area (Å²) in [6.45, 7) is 4.21. The van der Waals surface area contributed by atoms with Crippen LogP contribution in [0.4, 0.5) is 0 Å². The van der Waals surface area contributed by atoms with E-state index < -0.39 is 24.2 Å². The molecule has 3 unspecified atom stereocenters. The quantitative estimate of drug-likeness (QED) is 0.0377. The maximum absolute atomic E-state index is 12.5. The number of nitrogens with one attached hydrogen (secondary N) is 1. The first-order valence-electron chi connectivity index (χ1n) is 22.2. The van der Waals surface area contributed by atoms with Gasteiger partial charge in [0.05, 0.1) is 18.8 Å². The normalized spacial score (nSPS) is 13.8. The fourth-order valence-corrected chi connectivity index (χ4v) is 6.83. The first kappa shape index (κ1) is 48.8. The molecule has 0 fully saturated rings. The molecule has 0 radical (unpaired) electrons. The van der Waals surface area contributed by atoms with Crippen LogP contribution in [-0.2, 0) is 4.79 Å². The highest BCUT2D eigenvalue weighted by molar-refractivity contribution is 5.80. The van der Waals surface area contributed by atoms with Gasteiger partial charge in [-0.1, -0.05) is 218 Å². The zero-order chi connectivity index (χ0) is 36.6. The van der Waals surface area contributed by atoms with E-state index in [4.69, 9.17) is 0 Å². The van der Waals surface area contributed by atoms with Crippen LogP contribution in [0, 0.1) is 0 Å². The Morgan fingerprint density at radius 3 is 1.20 bits per heavy atom. The Bertz CT molecular complexity index is 739. The molecule has 0 bridgehead atoms. The maximum Gasteiger partial charge on any atom is 0.249 e. The fraction of sp³-hybridized carbons (Fsp3) is 0.889. The summed E-state index contributed by atoms with van der Waals surface area (Å²) >= 11 is 0. The summed E-state index contributed by atoms with van der Waals surface area (Å²) in [5.74, 6) is -0.473. The molecule has 0 aliphatic carbocycles. The zero-order valence-corrected chi connectivity index (χ0v) is 33.5. The molecule has 0 saturated heterocycles. The number of carbonyl (C=O) groups excluding carboxylic acids is 1. The summed E-state index contributed by atoms with van der Waals surface area (Å²) in [4.78, 5) is 12.5. The highest BCUT2D eigenvalue weighted by Crippen LogP contribution is 2.16. The van der Waals surface area contributed by atoms with Crippen LogP contribution < -0.4 is 5.32 Å². The van der Waals surface area contributed by atoms with Crippen LogP contribution in [0.1, 0.15) is 232 Å². The van der Waals surface area contributed by atoms with Gasteiger partial charge in [0, 0.05) is 0 Å². The number of carbonyl (C=O) groups is 1. The molecule has 0 aliphatic heterocycles. The second-order valence-corrected chi connectivity index (χ2v) is 15.3. The Morgan fingerprint density at radius 1 is 0.480 bits per heavy atom. The smallest absolute Gasteiger partial charge is 0.249 e. The lowest BCUT2D eigenvalue weighted by atomic mass is 10.0. The third-order valence-corrected chi connectivity index (χ3v) is 10.4. The fourth-order valence-electron chi connectivity index (χ4n) is 6.83. The van der Waals surface area contributed by atoms with Crippen molar-refractivity contribution in [3.8, 4) is 0 Å². The van der Waals surface area contributed by atoms with Gasteiger partial charge in [-0.05, 0) is 38.5 Å². The standard InChI is InChI=1S/C45H87NO4/c1-3-5-7-9-11-13-15-17-19-21-23-25-27-29-31-33-35-37-39-43(48)42(41-47)46-45(50)44(49)40-38-36-34-32-30-28-26-24-22-20-18-16-14-12-10-8-6-4-2/h12,14,16,18,42-44,47-49H,3-11,13,15,17,19-41H2,1-2H3,(H,46,50)/b14-12-,18-16-. The Labute approximate surface area is 312 Å². The van der Waals surface area contributed by atoms with Crippen LogP contribution in [0.2, 0.25) is 0 Å². The van der Waals surface area contributed by atoms with Crippen LogP contribution in [-0.4, -0.2) is 46.1 Å². The van der Waals surface area contributed by atoms with Gasteiger partial charge in [0.25, 0.3) is 0 Å². The number of hydrogen-bond donors (Lipinski definition) is 4. The van der Waals surface area contributed by atoms with Gasteiger partial charge in [-0.2, -0.15) is 0 Å². The predicted molar refractivity (Wildman–Crippen MR) is 218 cm³/mol. The molecule has 296 valence electrons. The molecule has 0 heterocycles. The maximum atomic E-state index is 12.5. The monoisotopic (exact) mass is 706 g/mol. The van der Waals surface area contributed by atoms with Crippen molar-refractivity contribution >= 4 is 5.91 Å². The van der Waals surface area contributed by atoms with E-state index in [0.29, 0.717) is 12.8 Å². The number of aliphatic hydroxyl groups excluding tert-OH is 3. The second-order valence-electron chi connectivity index (χ2n) is 15.3. The number of amides is 1. The molecule has 0 aromatic carbocycles. The molecule has 0 aromatic rings. The van der Waals surface area contributed by atoms with Crippen LogP contribution in [0.15, 0.2) is 24.3 Å². The molecule has 1 amide bonds. The Hall–Kier alpha value is -1.17. The second kappa shape index (κ2) is 40.6. The minimum absolute atomic E-state index is 0.314. The van der Waals surface area contributed by atoms with E-state index in [1.807, 2.05) is 0 Å². The summed E-state index contributed by atoms with van der Waals surface area (Å²) in [5, 5.41) is 33.3. The molecule has 0 spiro atoms. The van der Waals surface area contributed by atoms with Crippen molar-refractivity contribution in [1.82, 2.24) is 5.32 Å². The van der Waals surface area contributed by atoms with Gasteiger partial charge in [-0.15, -0.1) is 0 Å². The average molecular weight is 706 g/mol. The number of allylic oxidation sites excluding steroid dienone is 4. The minimum Gasteiger partial charge on any atom is -0.394 e. The van der Waals surface area contributed by atoms with E-state index in [1.54, 1.807) is 0 Å². The van der Waals surface area contributed by atoms with Crippen LogP contribution >= 0.6 is 0 Å². The summed E-state index contributed by atoms with van der Waals surface area (Å²) in [6.07, 6.45) is 48.8. The van der Waals surface area contributed by atoms with Crippen LogP contribution in [0.3, 0.4) is 0 Å². The van der Waals surface area contributed by atoms with Crippen molar-refractivity contribution < 1.29 is 20.1 Å². The van der Waals surface area contributed by atoms with E-state index in [0.717, 1.165) is 32.1 Å². The average Bonchev–Trinajstić information content (AvgIpc) is 3.12. The van der Waals surface area contributed by atoms with Crippen molar-refractivity contribution in [3.05, 3.63) is 24.3 Å². The van der Waals surface area contributed by atoms with Crippen molar-refractivity contribution in [3.63, 3.8) is 0 Å². The van der Waals surface area contributed by atoms with Gasteiger partial charge in [-0.3, -0.25) is 4.79 Å². The van der Waals surface area contributed by atoms with Crippen molar-refractivity contribution in [2.24, 2.45) is 0 Å². The molecule has 5 heteroatoms. The third kappa shape index (κ3) is 35.2. The molecular weight excluding hydrogens is 618 g/mol. The lowest BCUT2D eigenvalue weighted by Crippen LogP contribution is -2.49. The summed E-state index contributed by atoms with van der Waals surface area (Å²) < 4.78 is 0. The lowest BCUT2D eigenvalue weighted by molar-refractivity contribution is -0.131. The van der Waals surface area contributed by atoms with E-state index >= 15 is 0 Å². The van der Waals surface area contributed by atoms with Crippen LogP contribution in [0.5, 0.6) is 0 Å². The van der Waals surface area contributed by atoms with Gasteiger partial charge < -0.3 is 20.6 Å². The van der Waals surface area contributed by atoms with Crippen molar-refractivity contribution in [2.75, 3.05) is 6.61 Å². The van der Waals surface area contributed by atoms with Gasteiger partial charge >= 0.3 is 0 Å². The molecule has 50 heavy (non-hydrogen) atoms. The van der Waals surface area contributed by atoms with Gasteiger partial charge in [0.1, 0.15) is 6.10 Å². The number of aliphatic hydroxyl groups is 3. The molecular formula is C45H87NO4. The Kier molecular flexibility index (Phi) is 39.6. The zero-order valence-electron chi connectivity index (χ0n) is 33.5. The molecule has 0 rings (SSSR count). The van der Waals surface area contributed by atoms with Gasteiger partial charge in [-0.25, -0.2) is 0 Å². The minimum atomic E-state index is -1.08. The summed E-state index contributed by atoms with van der Waals surface area (Å²) in [5.41, 5.74) is 0. The summed E-state index contributed by atoms with van der Waals surface area (Å²) in [6, 6.07) is -0.712. The first-order valence-corrected chi connectivity index (χ1v) is 22.2. The Balaban J connectivity index is 3.62. The number of unbranched alkanes of at least 4 members (excludes halogenated alkanes) is 29. The molecule has 5 nitrogen and oxygen atoms in total. The van der Waals surface area contributed by atoms with E-state index in [-0.39, 0.29) is 6.61 Å². The van der Waals surface area contributed by atoms with Crippen molar-refractivity contribution in [2.45, 2.75) is 250 Å². The predicted octanol–water partition coefficient (Wildman–Crippen LogP) is 12.6.